The van der Waals surface area contributed by atoms with Crippen molar-refractivity contribution < 1.29 is 9.21 Å². The predicted octanol–water partition coefficient (Wildman–Crippen LogP) is 3.63. The fourth-order valence-electron chi connectivity index (χ4n) is 2.62. The molecule has 0 bridgehead atoms. The maximum absolute atomic E-state index is 11.9. The van der Waals surface area contributed by atoms with Gasteiger partial charge in [-0.05, 0) is 56.7 Å². The zero-order valence-electron chi connectivity index (χ0n) is 12.1. The van der Waals surface area contributed by atoms with E-state index in [-0.39, 0.29) is 12.1 Å². The molecule has 4 rings (SSSR count). The van der Waals surface area contributed by atoms with E-state index in [0.717, 1.165) is 22.7 Å². The number of anilines is 1. The van der Waals surface area contributed by atoms with E-state index in [1.165, 1.54) is 25.7 Å². The normalized spacial score (nSPS) is 19.5. The minimum Gasteiger partial charge on any atom is -0.440 e. The van der Waals surface area contributed by atoms with E-state index >= 15 is 0 Å². The molecule has 2 saturated carbocycles. The van der Waals surface area contributed by atoms with E-state index in [9.17, 15) is 4.79 Å². The highest BCUT2D eigenvalue weighted by atomic mass is 16.3. The number of rotatable bonds is 4. The number of benzene rings is 1. The number of hydrogen-bond donors (Lipinski definition) is 2. The molecule has 21 heavy (non-hydrogen) atoms. The highest BCUT2D eigenvalue weighted by Gasteiger charge is 2.29. The van der Waals surface area contributed by atoms with Crippen LogP contribution in [0.4, 0.5) is 10.5 Å². The first kappa shape index (κ1) is 12.7. The van der Waals surface area contributed by atoms with Crippen LogP contribution in [0.25, 0.3) is 11.1 Å². The van der Waals surface area contributed by atoms with Crippen molar-refractivity contribution >= 4 is 22.8 Å². The molecule has 0 aliphatic heterocycles. The molecule has 0 radical (unpaired) electrons. The zero-order chi connectivity index (χ0) is 14.4. The predicted molar refractivity (Wildman–Crippen MR) is 80.3 cm³/mol. The van der Waals surface area contributed by atoms with Crippen molar-refractivity contribution in [2.75, 3.05) is 5.32 Å². The van der Waals surface area contributed by atoms with Crippen LogP contribution in [0.1, 0.15) is 44.4 Å². The molecule has 2 aliphatic carbocycles. The molecule has 2 N–H and O–H groups in total. The van der Waals surface area contributed by atoms with Gasteiger partial charge in [0, 0.05) is 17.6 Å². The topological polar surface area (TPSA) is 67.2 Å². The van der Waals surface area contributed by atoms with Crippen LogP contribution < -0.4 is 10.6 Å². The molecule has 0 spiro atoms. The Kier molecular flexibility index (Phi) is 2.87. The van der Waals surface area contributed by atoms with Gasteiger partial charge in [0.1, 0.15) is 5.52 Å². The summed E-state index contributed by atoms with van der Waals surface area (Å²) in [6, 6.07) is 5.67. The third-order valence-electron chi connectivity index (χ3n) is 4.28. The number of urea groups is 1. The molecule has 2 aromatic rings. The summed E-state index contributed by atoms with van der Waals surface area (Å²) < 4.78 is 5.72. The van der Waals surface area contributed by atoms with Crippen LogP contribution >= 0.6 is 0 Å². The molecule has 1 aromatic carbocycles. The SMILES string of the molecule is CC(NC(=O)Nc1ccc2oc(C3CC3)nc2c1)C1CC1. The number of oxazole rings is 1. The first-order valence-corrected chi connectivity index (χ1v) is 7.67. The summed E-state index contributed by atoms with van der Waals surface area (Å²) in [4.78, 5) is 16.5. The quantitative estimate of drug-likeness (QED) is 0.901. The average Bonchev–Trinajstić information content (AvgIpc) is 3.34. The van der Waals surface area contributed by atoms with Gasteiger partial charge in [-0.2, -0.15) is 0 Å². The summed E-state index contributed by atoms with van der Waals surface area (Å²) in [5.41, 5.74) is 2.35. The Morgan fingerprint density at radius 3 is 2.86 bits per heavy atom. The van der Waals surface area contributed by atoms with Crippen LogP contribution in [0.15, 0.2) is 22.6 Å². The third kappa shape index (κ3) is 2.73. The van der Waals surface area contributed by atoms with Crippen LogP contribution in [-0.4, -0.2) is 17.1 Å². The Hall–Kier alpha value is -2.04. The highest BCUT2D eigenvalue weighted by molar-refractivity contribution is 5.91. The van der Waals surface area contributed by atoms with Gasteiger partial charge in [-0.25, -0.2) is 9.78 Å². The van der Waals surface area contributed by atoms with Gasteiger partial charge in [-0.3, -0.25) is 0 Å². The van der Waals surface area contributed by atoms with Crippen LogP contribution in [0.3, 0.4) is 0 Å². The second-order valence-corrected chi connectivity index (χ2v) is 6.23. The summed E-state index contributed by atoms with van der Waals surface area (Å²) in [6.07, 6.45) is 4.77. The summed E-state index contributed by atoms with van der Waals surface area (Å²) in [5, 5.41) is 5.85. The van der Waals surface area contributed by atoms with E-state index < -0.39 is 0 Å². The van der Waals surface area contributed by atoms with Gasteiger partial charge in [-0.1, -0.05) is 0 Å². The fourth-order valence-corrected chi connectivity index (χ4v) is 2.62. The molecular formula is C16H19N3O2. The lowest BCUT2D eigenvalue weighted by atomic mass is 10.2. The van der Waals surface area contributed by atoms with E-state index in [0.29, 0.717) is 11.8 Å². The number of nitrogens with zero attached hydrogens (tertiary/aromatic N) is 1. The van der Waals surface area contributed by atoms with E-state index in [1.807, 2.05) is 18.2 Å². The van der Waals surface area contributed by atoms with Crippen LogP contribution in [0, 0.1) is 5.92 Å². The molecule has 5 heteroatoms. The van der Waals surface area contributed by atoms with E-state index in [4.69, 9.17) is 4.42 Å². The number of aromatic nitrogens is 1. The van der Waals surface area contributed by atoms with Crippen molar-refractivity contribution in [1.29, 1.82) is 0 Å². The maximum atomic E-state index is 11.9. The molecule has 0 saturated heterocycles. The summed E-state index contributed by atoms with van der Waals surface area (Å²) >= 11 is 0. The molecule has 5 nitrogen and oxygen atoms in total. The standard InChI is InChI=1S/C16H19N3O2/c1-9(10-2-3-10)17-16(20)18-12-6-7-14-13(8-12)19-15(21-14)11-4-5-11/h6-11H,2-5H2,1H3,(H2,17,18,20). The lowest BCUT2D eigenvalue weighted by Crippen LogP contribution is -2.37. The first-order valence-electron chi connectivity index (χ1n) is 7.67. The molecule has 2 fully saturated rings. The second-order valence-electron chi connectivity index (χ2n) is 6.23. The Labute approximate surface area is 123 Å². The molecule has 1 aromatic heterocycles. The van der Waals surface area contributed by atoms with Gasteiger partial charge in [0.15, 0.2) is 11.5 Å². The molecule has 110 valence electrons. The maximum Gasteiger partial charge on any atom is 0.319 e. The van der Waals surface area contributed by atoms with Crippen molar-refractivity contribution in [2.24, 2.45) is 5.92 Å². The summed E-state index contributed by atoms with van der Waals surface area (Å²) in [5.74, 6) is 1.97. The van der Waals surface area contributed by atoms with Crippen molar-refractivity contribution in [2.45, 2.75) is 44.6 Å². The minimum atomic E-state index is -0.153. The van der Waals surface area contributed by atoms with Crippen molar-refractivity contribution in [1.82, 2.24) is 10.3 Å². The van der Waals surface area contributed by atoms with Crippen molar-refractivity contribution in [3.05, 3.63) is 24.1 Å². The van der Waals surface area contributed by atoms with Crippen LogP contribution in [-0.2, 0) is 0 Å². The largest absolute Gasteiger partial charge is 0.440 e. The molecule has 2 aliphatic rings. The third-order valence-corrected chi connectivity index (χ3v) is 4.28. The Balaban J connectivity index is 1.46. The molecule has 1 atom stereocenters. The van der Waals surface area contributed by atoms with Crippen molar-refractivity contribution in [3.8, 4) is 0 Å². The van der Waals surface area contributed by atoms with Crippen LogP contribution in [0.5, 0.6) is 0 Å². The van der Waals surface area contributed by atoms with Gasteiger partial charge < -0.3 is 15.1 Å². The monoisotopic (exact) mass is 285 g/mol. The zero-order valence-corrected chi connectivity index (χ0v) is 12.1. The average molecular weight is 285 g/mol. The van der Waals surface area contributed by atoms with Gasteiger partial charge in [0.05, 0.1) is 0 Å². The van der Waals surface area contributed by atoms with Crippen LogP contribution in [0.2, 0.25) is 0 Å². The lowest BCUT2D eigenvalue weighted by Gasteiger charge is -2.13. The van der Waals surface area contributed by atoms with Crippen molar-refractivity contribution in [3.63, 3.8) is 0 Å². The molecule has 1 heterocycles. The highest BCUT2D eigenvalue weighted by Crippen LogP contribution is 2.40. The van der Waals surface area contributed by atoms with Gasteiger partial charge in [-0.15, -0.1) is 0 Å². The Morgan fingerprint density at radius 2 is 2.14 bits per heavy atom. The number of carbonyl (C=O) groups is 1. The van der Waals surface area contributed by atoms with Gasteiger partial charge in [0.25, 0.3) is 0 Å². The first-order chi connectivity index (χ1) is 10.2. The Morgan fingerprint density at radius 1 is 1.33 bits per heavy atom. The number of carbonyl (C=O) groups excluding carboxylic acids is 1. The fraction of sp³-hybridized carbons (Fsp3) is 0.500. The molecular weight excluding hydrogens is 266 g/mol. The number of hydrogen-bond acceptors (Lipinski definition) is 3. The lowest BCUT2D eigenvalue weighted by molar-refractivity contribution is 0.248. The smallest absolute Gasteiger partial charge is 0.319 e. The van der Waals surface area contributed by atoms with E-state index in [2.05, 4.69) is 22.5 Å². The van der Waals surface area contributed by atoms with E-state index in [1.54, 1.807) is 0 Å². The number of amides is 2. The number of fused-ring (bicyclic) bond motifs is 1. The molecule has 2 amide bonds. The Bertz CT molecular complexity index is 686. The van der Waals surface area contributed by atoms with Gasteiger partial charge >= 0.3 is 6.03 Å². The minimum absolute atomic E-state index is 0.153. The summed E-state index contributed by atoms with van der Waals surface area (Å²) in [6.45, 7) is 2.06. The molecule has 1 unspecified atom stereocenters. The van der Waals surface area contributed by atoms with Gasteiger partial charge in [0.2, 0.25) is 0 Å². The summed E-state index contributed by atoms with van der Waals surface area (Å²) in [7, 11) is 0. The second kappa shape index (κ2) is 4.76. The number of nitrogens with one attached hydrogen (secondary N) is 2.